The van der Waals surface area contributed by atoms with Crippen LogP contribution in [-0.4, -0.2) is 16.1 Å². The number of nitro benzene ring substituents is 1. The molecule has 0 radical (unpaired) electrons. The van der Waals surface area contributed by atoms with Crippen LogP contribution < -0.4 is 10.1 Å². The Morgan fingerprint density at radius 2 is 1.90 bits per heavy atom. The molecule has 0 aromatic heterocycles. The summed E-state index contributed by atoms with van der Waals surface area (Å²) in [6.45, 7) is 0.151. The van der Waals surface area contributed by atoms with Gasteiger partial charge in [0.15, 0.2) is 5.75 Å². The molecule has 0 aliphatic carbocycles. The van der Waals surface area contributed by atoms with Crippen LogP contribution in [0.5, 0.6) is 5.75 Å². The zero-order valence-corrected chi connectivity index (χ0v) is 10.9. The van der Waals surface area contributed by atoms with Crippen LogP contribution in [0.15, 0.2) is 48.5 Å². The van der Waals surface area contributed by atoms with Crippen molar-refractivity contribution >= 4 is 17.5 Å². The first-order chi connectivity index (χ1) is 10.1. The first-order valence-corrected chi connectivity index (χ1v) is 6.02. The number of nitrogens with one attached hydrogen (secondary N) is 1. The summed E-state index contributed by atoms with van der Waals surface area (Å²) in [5.41, 5.74) is 0.317. The third-order valence-corrected chi connectivity index (χ3v) is 2.66. The summed E-state index contributed by atoms with van der Waals surface area (Å²) in [4.78, 5) is 21.1. The number of para-hydroxylation sites is 1. The summed E-state index contributed by atoms with van der Waals surface area (Å²) in [5, 5.41) is 21.8. The SMILES string of the molecule is O=C(O)Nc1cccc(OCc2ccccc2)c1[N+](=O)[O-]. The third kappa shape index (κ3) is 3.69. The number of hydrogen-bond acceptors (Lipinski definition) is 4. The highest BCUT2D eigenvalue weighted by Gasteiger charge is 2.22. The van der Waals surface area contributed by atoms with Crippen LogP contribution in [0, 0.1) is 10.1 Å². The second-order valence-electron chi connectivity index (χ2n) is 4.11. The lowest BCUT2D eigenvalue weighted by molar-refractivity contribution is -0.385. The number of carboxylic acid groups (broad SMARTS) is 1. The Labute approximate surface area is 119 Å². The molecule has 7 heteroatoms. The molecule has 0 bridgehead atoms. The predicted molar refractivity (Wildman–Crippen MR) is 75.5 cm³/mol. The van der Waals surface area contributed by atoms with Gasteiger partial charge in [0.05, 0.1) is 4.92 Å². The molecule has 1 amide bonds. The van der Waals surface area contributed by atoms with E-state index in [0.29, 0.717) is 0 Å². The van der Waals surface area contributed by atoms with Crippen LogP contribution in [0.3, 0.4) is 0 Å². The maximum absolute atomic E-state index is 11.1. The molecule has 21 heavy (non-hydrogen) atoms. The molecule has 2 N–H and O–H groups in total. The minimum absolute atomic E-state index is 0.00935. The minimum Gasteiger partial charge on any atom is -0.482 e. The minimum atomic E-state index is -1.38. The van der Waals surface area contributed by atoms with Crippen molar-refractivity contribution in [2.45, 2.75) is 6.61 Å². The number of carbonyl (C=O) groups is 1. The summed E-state index contributed by atoms with van der Waals surface area (Å²) < 4.78 is 5.43. The van der Waals surface area contributed by atoms with Gasteiger partial charge in [-0.3, -0.25) is 15.4 Å². The van der Waals surface area contributed by atoms with E-state index >= 15 is 0 Å². The molecule has 0 aliphatic heterocycles. The zero-order valence-electron chi connectivity index (χ0n) is 10.9. The molecule has 7 nitrogen and oxygen atoms in total. The number of nitro groups is 1. The van der Waals surface area contributed by atoms with Gasteiger partial charge in [0.25, 0.3) is 0 Å². The highest BCUT2D eigenvalue weighted by Crippen LogP contribution is 2.35. The Morgan fingerprint density at radius 3 is 2.52 bits per heavy atom. The molecule has 0 aliphatic rings. The van der Waals surface area contributed by atoms with Crippen molar-refractivity contribution in [3.05, 3.63) is 64.2 Å². The molecule has 0 atom stereocenters. The number of benzene rings is 2. The van der Waals surface area contributed by atoms with Crippen molar-refractivity contribution in [2.75, 3.05) is 5.32 Å². The summed E-state index contributed by atoms with van der Waals surface area (Å²) in [6.07, 6.45) is -1.38. The summed E-state index contributed by atoms with van der Waals surface area (Å²) in [7, 11) is 0. The van der Waals surface area contributed by atoms with E-state index in [-0.39, 0.29) is 18.0 Å². The van der Waals surface area contributed by atoms with Gasteiger partial charge in [-0.1, -0.05) is 36.4 Å². The predicted octanol–water partition coefficient (Wildman–Crippen LogP) is 3.26. The zero-order chi connectivity index (χ0) is 15.2. The second-order valence-corrected chi connectivity index (χ2v) is 4.11. The number of hydrogen-bond donors (Lipinski definition) is 2. The monoisotopic (exact) mass is 288 g/mol. The molecular weight excluding hydrogens is 276 g/mol. The second kappa shape index (κ2) is 6.38. The number of rotatable bonds is 5. The van der Waals surface area contributed by atoms with Gasteiger partial charge in [0, 0.05) is 0 Å². The first kappa shape index (κ1) is 14.3. The van der Waals surface area contributed by atoms with Crippen LogP contribution in [0.25, 0.3) is 0 Å². The van der Waals surface area contributed by atoms with Gasteiger partial charge in [0.2, 0.25) is 0 Å². The number of ether oxygens (including phenoxy) is 1. The first-order valence-electron chi connectivity index (χ1n) is 6.02. The molecule has 2 rings (SSSR count). The third-order valence-electron chi connectivity index (χ3n) is 2.66. The standard InChI is InChI=1S/C14H12N2O5/c17-14(18)15-11-7-4-8-12(13(11)16(19)20)21-9-10-5-2-1-3-6-10/h1-8,15H,9H2,(H,17,18). The number of anilines is 1. The highest BCUT2D eigenvalue weighted by molar-refractivity contribution is 5.87. The van der Waals surface area contributed by atoms with Crippen molar-refractivity contribution in [3.8, 4) is 5.75 Å². The van der Waals surface area contributed by atoms with E-state index in [1.165, 1.54) is 18.2 Å². The Kier molecular flexibility index (Phi) is 4.35. The van der Waals surface area contributed by atoms with Crippen LogP contribution in [-0.2, 0) is 6.61 Å². The van der Waals surface area contributed by atoms with Crippen LogP contribution >= 0.6 is 0 Å². The average Bonchev–Trinajstić information content (AvgIpc) is 2.45. The Bertz CT molecular complexity index is 658. The Balaban J connectivity index is 2.26. The largest absolute Gasteiger partial charge is 0.482 e. The van der Waals surface area contributed by atoms with Crippen LogP contribution in [0.2, 0.25) is 0 Å². The highest BCUT2D eigenvalue weighted by atomic mass is 16.6. The van der Waals surface area contributed by atoms with Gasteiger partial charge < -0.3 is 9.84 Å². The van der Waals surface area contributed by atoms with E-state index in [0.717, 1.165) is 5.56 Å². The lowest BCUT2D eigenvalue weighted by atomic mass is 10.2. The van der Waals surface area contributed by atoms with Gasteiger partial charge in [-0.05, 0) is 17.7 Å². The molecule has 0 saturated carbocycles. The van der Waals surface area contributed by atoms with Gasteiger partial charge >= 0.3 is 11.8 Å². The van der Waals surface area contributed by atoms with E-state index in [1.54, 1.807) is 0 Å². The Hall–Kier alpha value is -3.09. The maximum atomic E-state index is 11.1. The maximum Gasteiger partial charge on any atom is 0.409 e. The fourth-order valence-electron chi connectivity index (χ4n) is 1.78. The van der Waals surface area contributed by atoms with Gasteiger partial charge in [-0.25, -0.2) is 4.79 Å². The van der Waals surface area contributed by atoms with Crippen molar-refractivity contribution in [2.24, 2.45) is 0 Å². The molecule has 0 unspecified atom stereocenters. The van der Waals surface area contributed by atoms with Crippen molar-refractivity contribution < 1.29 is 19.6 Å². The molecule has 0 spiro atoms. The molecule has 0 heterocycles. The number of nitrogens with zero attached hydrogens (tertiary/aromatic N) is 1. The smallest absolute Gasteiger partial charge is 0.409 e. The van der Waals surface area contributed by atoms with Crippen molar-refractivity contribution in [1.82, 2.24) is 0 Å². The summed E-state index contributed by atoms with van der Waals surface area (Å²) in [5.74, 6) is 0.00935. The van der Waals surface area contributed by atoms with E-state index in [4.69, 9.17) is 9.84 Å². The Morgan fingerprint density at radius 1 is 1.19 bits per heavy atom. The lowest BCUT2D eigenvalue weighted by Gasteiger charge is -2.09. The molecular formula is C14H12N2O5. The van der Waals surface area contributed by atoms with Crippen molar-refractivity contribution in [1.29, 1.82) is 0 Å². The quantitative estimate of drug-likeness (QED) is 0.649. The van der Waals surface area contributed by atoms with Crippen LogP contribution in [0.4, 0.5) is 16.2 Å². The fraction of sp³-hybridized carbons (Fsp3) is 0.0714. The average molecular weight is 288 g/mol. The van der Waals surface area contributed by atoms with Crippen molar-refractivity contribution in [3.63, 3.8) is 0 Å². The van der Waals surface area contributed by atoms with Crippen LogP contribution in [0.1, 0.15) is 5.56 Å². The molecule has 0 fully saturated rings. The van der Waals surface area contributed by atoms with Gasteiger partial charge in [-0.2, -0.15) is 0 Å². The van der Waals surface area contributed by atoms with Gasteiger partial charge in [0.1, 0.15) is 12.3 Å². The van der Waals surface area contributed by atoms with E-state index in [9.17, 15) is 14.9 Å². The lowest BCUT2D eigenvalue weighted by Crippen LogP contribution is -2.10. The fourth-order valence-corrected chi connectivity index (χ4v) is 1.78. The van der Waals surface area contributed by atoms with E-state index < -0.39 is 16.7 Å². The van der Waals surface area contributed by atoms with E-state index in [1.807, 2.05) is 35.6 Å². The van der Waals surface area contributed by atoms with Gasteiger partial charge in [-0.15, -0.1) is 0 Å². The topological polar surface area (TPSA) is 102 Å². The molecule has 108 valence electrons. The van der Waals surface area contributed by atoms with E-state index in [2.05, 4.69) is 0 Å². The summed E-state index contributed by atoms with van der Waals surface area (Å²) >= 11 is 0. The molecule has 2 aromatic carbocycles. The number of amides is 1. The molecule has 0 saturated heterocycles. The molecule has 2 aromatic rings. The normalized spacial score (nSPS) is 9.90. The summed E-state index contributed by atoms with van der Waals surface area (Å²) in [6, 6.07) is 13.4.